The molecule has 39 heavy (non-hydrogen) atoms. The van der Waals surface area contributed by atoms with Crippen molar-refractivity contribution in [2.24, 2.45) is 5.92 Å². The maximum atomic E-state index is 13.3. The van der Waals surface area contributed by atoms with Gasteiger partial charge in [-0.15, -0.1) is 0 Å². The molecular formula is C33H36N2O4. The minimum absolute atomic E-state index is 0.0450. The Morgan fingerprint density at radius 2 is 1.64 bits per heavy atom. The zero-order chi connectivity index (χ0) is 27.6. The minimum Gasteiger partial charge on any atom is -0.466 e. The molecule has 0 radical (unpaired) electrons. The van der Waals surface area contributed by atoms with Crippen LogP contribution in [-0.4, -0.2) is 42.4 Å². The van der Waals surface area contributed by atoms with Crippen molar-refractivity contribution in [3.05, 3.63) is 107 Å². The van der Waals surface area contributed by atoms with E-state index >= 15 is 0 Å². The van der Waals surface area contributed by atoms with E-state index in [-0.39, 0.29) is 30.1 Å². The molecule has 2 amide bonds. The van der Waals surface area contributed by atoms with Crippen LogP contribution in [0.15, 0.2) is 84.9 Å². The molecule has 1 saturated heterocycles. The molecule has 1 aliphatic rings. The molecule has 0 atom stereocenters. The number of nitrogens with zero attached hydrogens (tertiary/aromatic N) is 2. The number of amides is 2. The Labute approximate surface area is 230 Å². The smallest absolute Gasteiger partial charge is 0.309 e. The largest absolute Gasteiger partial charge is 0.466 e. The number of hydrogen-bond donors (Lipinski definition) is 0. The summed E-state index contributed by atoms with van der Waals surface area (Å²) in [5.74, 6) is -0.359. The van der Waals surface area contributed by atoms with Gasteiger partial charge in [0.2, 0.25) is 5.91 Å². The van der Waals surface area contributed by atoms with Crippen LogP contribution < -0.4 is 4.90 Å². The van der Waals surface area contributed by atoms with Gasteiger partial charge in [-0.1, -0.05) is 72.3 Å². The van der Waals surface area contributed by atoms with Crippen LogP contribution in [0.4, 0.5) is 5.69 Å². The zero-order valence-corrected chi connectivity index (χ0v) is 22.7. The molecule has 0 saturated carbocycles. The molecule has 0 spiro atoms. The quantitative estimate of drug-likeness (QED) is 0.271. The number of ether oxygens (including phenoxy) is 1. The predicted octanol–water partition coefficient (Wildman–Crippen LogP) is 5.59. The molecule has 0 aliphatic carbocycles. The molecule has 3 aromatic carbocycles. The van der Waals surface area contributed by atoms with Gasteiger partial charge in [-0.2, -0.15) is 0 Å². The third-order valence-corrected chi connectivity index (χ3v) is 6.98. The highest BCUT2D eigenvalue weighted by Crippen LogP contribution is 2.22. The van der Waals surface area contributed by atoms with Crippen molar-refractivity contribution in [1.29, 1.82) is 0 Å². The summed E-state index contributed by atoms with van der Waals surface area (Å²) in [6.45, 7) is 5.79. The van der Waals surface area contributed by atoms with E-state index in [1.54, 1.807) is 17.9 Å². The molecule has 1 fully saturated rings. The molecule has 3 aromatic rings. The Balaban J connectivity index is 1.43. The molecule has 0 bridgehead atoms. The summed E-state index contributed by atoms with van der Waals surface area (Å²) in [6, 6.07) is 25.5. The summed E-state index contributed by atoms with van der Waals surface area (Å²) < 4.78 is 5.13. The first kappa shape index (κ1) is 27.8. The van der Waals surface area contributed by atoms with Crippen LogP contribution >= 0.6 is 0 Å². The Morgan fingerprint density at radius 1 is 0.923 bits per heavy atom. The maximum Gasteiger partial charge on any atom is 0.309 e. The number of aryl methyl sites for hydroxylation is 1. The van der Waals surface area contributed by atoms with Crippen LogP contribution in [0.2, 0.25) is 0 Å². The van der Waals surface area contributed by atoms with E-state index in [4.69, 9.17) is 4.74 Å². The van der Waals surface area contributed by atoms with Crippen molar-refractivity contribution in [2.45, 2.75) is 39.7 Å². The monoisotopic (exact) mass is 524 g/mol. The summed E-state index contributed by atoms with van der Waals surface area (Å²) in [7, 11) is 0. The Bertz CT molecular complexity index is 1290. The van der Waals surface area contributed by atoms with Crippen molar-refractivity contribution >= 4 is 29.5 Å². The molecule has 6 heteroatoms. The first-order chi connectivity index (χ1) is 18.9. The van der Waals surface area contributed by atoms with E-state index in [0.29, 0.717) is 39.1 Å². The normalized spacial score (nSPS) is 13.8. The third kappa shape index (κ3) is 7.90. The Morgan fingerprint density at radius 3 is 2.31 bits per heavy atom. The van der Waals surface area contributed by atoms with Crippen molar-refractivity contribution in [3.63, 3.8) is 0 Å². The molecular weight excluding hydrogens is 488 g/mol. The standard InChI is InChI=1S/C33H36N2O4/c1-3-39-33(38)29-18-20-34(21-19-29)32(37)23-27-12-15-30(16-13-27)35(24-28-11-7-8-25(2)22-28)31(36)17-14-26-9-5-4-6-10-26/h4-17,22,29H,3,18-21,23-24H2,1-2H3/b17-14+. The number of piperidine rings is 1. The Hall–Kier alpha value is -4.19. The lowest BCUT2D eigenvalue weighted by Crippen LogP contribution is -2.41. The fourth-order valence-electron chi connectivity index (χ4n) is 4.82. The lowest BCUT2D eigenvalue weighted by atomic mass is 9.96. The van der Waals surface area contributed by atoms with Crippen molar-refractivity contribution in [2.75, 3.05) is 24.6 Å². The van der Waals surface area contributed by atoms with Gasteiger partial charge in [0.05, 0.1) is 25.5 Å². The summed E-state index contributed by atoms with van der Waals surface area (Å²) in [4.78, 5) is 41.8. The summed E-state index contributed by atoms with van der Waals surface area (Å²) in [6.07, 6.45) is 4.97. The SMILES string of the molecule is CCOC(=O)C1CCN(C(=O)Cc2ccc(N(Cc3cccc(C)c3)C(=O)/C=C/c3ccccc3)cc2)CC1. The van der Waals surface area contributed by atoms with E-state index in [2.05, 4.69) is 6.07 Å². The predicted molar refractivity (Wildman–Crippen MR) is 154 cm³/mol. The molecule has 1 aliphatic heterocycles. The second-order valence-corrected chi connectivity index (χ2v) is 9.91. The number of anilines is 1. The van der Waals surface area contributed by atoms with Crippen LogP contribution in [0.3, 0.4) is 0 Å². The highest BCUT2D eigenvalue weighted by atomic mass is 16.5. The fraction of sp³-hybridized carbons (Fsp3) is 0.303. The number of benzene rings is 3. The number of carbonyl (C=O) groups is 3. The lowest BCUT2D eigenvalue weighted by Gasteiger charge is -2.31. The highest BCUT2D eigenvalue weighted by Gasteiger charge is 2.28. The zero-order valence-electron chi connectivity index (χ0n) is 22.7. The topological polar surface area (TPSA) is 66.9 Å². The molecule has 0 N–H and O–H groups in total. The van der Waals surface area contributed by atoms with Crippen LogP contribution in [0.5, 0.6) is 0 Å². The van der Waals surface area contributed by atoms with Crippen molar-refractivity contribution in [1.82, 2.24) is 4.90 Å². The van der Waals surface area contributed by atoms with Crippen molar-refractivity contribution in [3.8, 4) is 0 Å². The van der Waals surface area contributed by atoms with Gasteiger partial charge in [-0.05, 0) is 61.6 Å². The highest BCUT2D eigenvalue weighted by molar-refractivity contribution is 6.03. The third-order valence-electron chi connectivity index (χ3n) is 6.98. The number of hydrogen-bond acceptors (Lipinski definition) is 4. The van der Waals surface area contributed by atoms with Gasteiger partial charge in [0.25, 0.3) is 5.91 Å². The van der Waals surface area contributed by atoms with E-state index in [1.165, 1.54) is 0 Å². The molecule has 1 heterocycles. The van der Waals surface area contributed by atoms with E-state index in [9.17, 15) is 14.4 Å². The number of likely N-dealkylation sites (tertiary alicyclic amines) is 1. The first-order valence-electron chi connectivity index (χ1n) is 13.6. The number of esters is 1. The van der Waals surface area contributed by atoms with Gasteiger partial charge in [-0.3, -0.25) is 14.4 Å². The lowest BCUT2D eigenvalue weighted by molar-refractivity contribution is -0.151. The first-order valence-corrected chi connectivity index (χ1v) is 13.6. The fourth-order valence-corrected chi connectivity index (χ4v) is 4.82. The molecule has 0 unspecified atom stereocenters. The number of carbonyl (C=O) groups excluding carboxylic acids is 3. The van der Waals surface area contributed by atoms with Gasteiger partial charge >= 0.3 is 5.97 Å². The molecule has 0 aromatic heterocycles. The average molecular weight is 525 g/mol. The van der Waals surface area contributed by atoms with E-state index in [1.807, 2.05) is 90.7 Å². The minimum atomic E-state index is -0.163. The van der Waals surface area contributed by atoms with Gasteiger partial charge in [0.1, 0.15) is 0 Å². The van der Waals surface area contributed by atoms with Gasteiger partial charge < -0.3 is 14.5 Å². The summed E-state index contributed by atoms with van der Waals surface area (Å²) in [5, 5.41) is 0. The van der Waals surface area contributed by atoms with Gasteiger partial charge in [0.15, 0.2) is 0 Å². The summed E-state index contributed by atoms with van der Waals surface area (Å²) in [5.41, 5.74) is 4.80. The number of rotatable bonds is 9. The average Bonchev–Trinajstić information content (AvgIpc) is 2.96. The van der Waals surface area contributed by atoms with E-state index in [0.717, 1.165) is 27.9 Å². The van der Waals surface area contributed by atoms with E-state index < -0.39 is 0 Å². The second kappa shape index (κ2) is 13.6. The van der Waals surface area contributed by atoms with Crippen LogP contribution in [0, 0.1) is 12.8 Å². The maximum absolute atomic E-state index is 13.3. The van der Waals surface area contributed by atoms with Gasteiger partial charge in [-0.25, -0.2) is 0 Å². The van der Waals surface area contributed by atoms with Gasteiger partial charge in [0, 0.05) is 24.9 Å². The van der Waals surface area contributed by atoms with Crippen molar-refractivity contribution < 1.29 is 19.1 Å². The van der Waals surface area contributed by atoms with Crippen LogP contribution in [0.25, 0.3) is 6.08 Å². The summed E-state index contributed by atoms with van der Waals surface area (Å²) >= 11 is 0. The molecule has 6 nitrogen and oxygen atoms in total. The second-order valence-electron chi connectivity index (χ2n) is 9.91. The van der Waals surface area contributed by atoms with Crippen LogP contribution in [0.1, 0.15) is 42.0 Å². The molecule has 202 valence electrons. The molecule has 4 rings (SSSR count). The Kier molecular flexibility index (Phi) is 9.68. The van der Waals surface area contributed by atoms with Crippen LogP contribution in [-0.2, 0) is 32.1 Å².